The molecule has 1 atom stereocenters. The summed E-state index contributed by atoms with van der Waals surface area (Å²) in [6.45, 7) is 4.14. The maximum Gasteiger partial charge on any atom is 0.254 e. The lowest BCUT2D eigenvalue weighted by atomic mass is 9.77. The van der Waals surface area contributed by atoms with Crippen molar-refractivity contribution in [2.75, 3.05) is 26.2 Å². The zero-order valence-corrected chi connectivity index (χ0v) is 15.9. The summed E-state index contributed by atoms with van der Waals surface area (Å²) in [6.07, 6.45) is 7.16. The summed E-state index contributed by atoms with van der Waals surface area (Å²) in [5.74, 6) is 1.65. The number of carbonyl (C=O) groups is 1. The average Bonchev–Trinajstić information content (AvgIpc) is 3.40. The monoisotopic (exact) mass is 371 g/mol. The van der Waals surface area contributed by atoms with E-state index in [1.807, 2.05) is 4.90 Å². The summed E-state index contributed by atoms with van der Waals surface area (Å²) in [6, 6.07) is -0.0856. The number of rotatable bonds is 3. The molecule has 0 bridgehead atoms. The van der Waals surface area contributed by atoms with Gasteiger partial charge in [0.1, 0.15) is 5.82 Å². The molecule has 4 heterocycles. The lowest BCUT2D eigenvalue weighted by Crippen LogP contribution is -2.47. The molecular weight excluding hydrogens is 342 g/mol. The maximum atomic E-state index is 13.1. The predicted molar refractivity (Wildman–Crippen MR) is 101 cm³/mol. The van der Waals surface area contributed by atoms with E-state index in [2.05, 4.69) is 15.6 Å². The Morgan fingerprint density at radius 3 is 2.85 bits per heavy atom. The van der Waals surface area contributed by atoms with Gasteiger partial charge < -0.3 is 20.5 Å². The highest BCUT2D eigenvalue weighted by Crippen LogP contribution is 2.38. The van der Waals surface area contributed by atoms with Crippen LogP contribution >= 0.6 is 0 Å². The van der Waals surface area contributed by atoms with Gasteiger partial charge in [-0.05, 0) is 62.9 Å². The fourth-order valence-electron chi connectivity index (χ4n) is 5.02. The Kier molecular flexibility index (Phi) is 4.31. The summed E-state index contributed by atoms with van der Waals surface area (Å²) in [5, 5.41) is 6.91. The van der Waals surface area contributed by atoms with E-state index in [4.69, 9.17) is 4.98 Å². The van der Waals surface area contributed by atoms with Crippen LogP contribution in [0.1, 0.15) is 49.2 Å². The van der Waals surface area contributed by atoms with Crippen LogP contribution in [0, 0.1) is 11.3 Å². The van der Waals surface area contributed by atoms with E-state index in [0.29, 0.717) is 25.4 Å². The molecular formula is C20H29N5O2. The van der Waals surface area contributed by atoms with Gasteiger partial charge in [0.15, 0.2) is 0 Å². The van der Waals surface area contributed by atoms with E-state index < -0.39 is 0 Å². The molecule has 4 aliphatic rings. The van der Waals surface area contributed by atoms with Crippen molar-refractivity contribution in [2.24, 2.45) is 11.3 Å². The average molecular weight is 371 g/mol. The van der Waals surface area contributed by atoms with Gasteiger partial charge in [0.05, 0.1) is 18.3 Å². The second kappa shape index (κ2) is 6.71. The largest absolute Gasteiger partial charge is 0.335 e. The van der Waals surface area contributed by atoms with Gasteiger partial charge >= 0.3 is 0 Å². The van der Waals surface area contributed by atoms with Crippen molar-refractivity contribution in [2.45, 2.75) is 57.5 Å². The molecule has 3 aliphatic heterocycles. The minimum Gasteiger partial charge on any atom is -0.335 e. The molecule has 3 N–H and O–H groups in total. The SMILES string of the molecule is O=C(C1CC2(CCNCC2)CN1)N1CCc2c(nc(CC3CC3)[nH]c2=O)C1. The number of nitrogens with zero attached hydrogens (tertiary/aromatic N) is 2. The van der Waals surface area contributed by atoms with E-state index in [-0.39, 0.29) is 22.9 Å². The zero-order chi connectivity index (χ0) is 18.4. The second-order valence-electron chi connectivity index (χ2n) is 8.98. The van der Waals surface area contributed by atoms with Gasteiger partial charge in [-0.25, -0.2) is 4.98 Å². The summed E-state index contributed by atoms with van der Waals surface area (Å²) in [5.41, 5.74) is 1.86. The lowest BCUT2D eigenvalue weighted by Gasteiger charge is -2.34. The van der Waals surface area contributed by atoms with E-state index in [1.165, 1.54) is 12.8 Å². The number of H-pyrrole nitrogens is 1. The number of aromatic amines is 1. The zero-order valence-electron chi connectivity index (χ0n) is 15.9. The normalized spacial score (nSPS) is 27.0. The summed E-state index contributed by atoms with van der Waals surface area (Å²) in [7, 11) is 0. The predicted octanol–water partition coefficient (Wildman–Crippen LogP) is 0.339. The minimum absolute atomic E-state index is 0.00426. The van der Waals surface area contributed by atoms with Crippen LogP contribution in [-0.2, 0) is 24.2 Å². The van der Waals surface area contributed by atoms with Crippen LogP contribution in [-0.4, -0.2) is 53.0 Å². The van der Waals surface area contributed by atoms with E-state index in [0.717, 1.165) is 62.4 Å². The van der Waals surface area contributed by atoms with Crippen LogP contribution in [0.4, 0.5) is 0 Å². The van der Waals surface area contributed by atoms with Crippen LogP contribution in [0.25, 0.3) is 0 Å². The Balaban J connectivity index is 1.29. The van der Waals surface area contributed by atoms with Gasteiger partial charge in [-0.2, -0.15) is 0 Å². The number of nitrogens with one attached hydrogen (secondary N) is 3. The molecule has 27 heavy (non-hydrogen) atoms. The Bertz CT molecular complexity index is 794. The first kappa shape index (κ1) is 17.4. The number of hydrogen-bond acceptors (Lipinski definition) is 5. The summed E-state index contributed by atoms with van der Waals surface area (Å²) in [4.78, 5) is 35.1. The molecule has 3 fully saturated rings. The molecule has 146 valence electrons. The van der Waals surface area contributed by atoms with Gasteiger partial charge in [0, 0.05) is 25.1 Å². The third kappa shape index (κ3) is 3.43. The maximum absolute atomic E-state index is 13.1. The number of aromatic nitrogens is 2. The second-order valence-corrected chi connectivity index (χ2v) is 8.98. The van der Waals surface area contributed by atoms with Crippen molar-refractivity contribution in [1.82, 2.24) is 25.5 Å². The van der Waals surface area contributed by atoms with Gasteiger partial charge in [-0.3, -0.25) is 9.59 Å². The fourth-order valence-corrected chi connectivity index (χ4v) is 5.02. The third-order valence-corrected chi connectivity index (χ3v) is 6.94. The van der Waals surface area contributed by atoms with Gasteiger partial charge in [0.25, 0.3) is 5.56 Å². The van der Waals surface area contributed by atoms with Crippen LogP contribution in [0.5, 0.6) is 0 Å². The van der Waals surface area contributed by atoms with Crippen LogP contribution in [0.3, 0.4) is 0 Å². The number of piperidine rings is 1. The highest BCUT2D eigenvalue weighted by molar-refractivity contribution is 5.82. The van der Waals surface area contributed by atoms with Crippen LogP contribution in [0.2, 0.25) is 0 Å². The summed E-state index contributed by atoms with van der Waals surface area (Å²) < 4.78 is 0. The molecule has 1 aromatic heterocycles. The van der Waals surface area contributed by atoms with Gasteiger partial charge in [-0.15, -0.1) is 0 Å². The Labute approximate surface area is 159 Å². The number of fused-ring (bicyclic) bond motifs is 1. The van der Waals surface area contributed by atoms with Gasteiger partial charge in [-0.1, -0.05) is 0 Å². The molecule has 2 saturated heterocycles. The minimum atomic E-state index is -0.0856. The van der Waals surface area contributed by atoms with Crippen LogP contribution in [0.15, 0.2) is 4.79 Å². The van der Waals surface area contributed by atoms with Crippen molar-refractivity contribution in [3.63, 3.8) is 0 Å². The molecule has 5 rings (SSSR count). The first-order valence-electron chi connectivity index (χ1n) is 10.5. The quantitative estimate of drug-likeness (QED) is 0.713. The molecule has 0 radical (unpaired) electrons. The fraction of sp³-hybridized carbons (Fsp3) is 0.750. The first-order chi connectivity index (χ1) is 13.1. The highest BCUT2D eigenvalue weighted by Gasteiger charge is 2.43. The highest BCUT2D eigenvalue weighted by atomic mass is 16.2. The lowest BCUT2D eigenvalue weighted by molar-refractivity contribution is -0.134. The Hall–Kier alpha value is -1.73. The van der Waals surface area contributed by atoms with Crippen LogP contribution < -0.4 is 16.2 Å². The molecule has 7 nitrogen and oxygen atoms in total. The molecule has 7 heteroatoms. The molecule has 0 aromatic carbocycles. The Morgan fingerprint density at radius 1 is 1.26 bits per heavy atom. The number of hydrogen-bond donors (Lipinski definition) is 3. The van der Waals surface area contributed by atoms with E-state index in [1.54, 1.807) is 0 Å². The van der Waals surface area contributed by atoms with Crippen molar-refractivity contribution in [3.05, 3.63) is 27.4 Å². The van der Waals surface area contributed by atoms with E-state index >= 15 is 0 Å². The van der Waals surface area contributed by atoms with Crippen molar-refractivity contribution in [1.29, 1.82) is 0 Å². The smallest absolute Gasteiger partial charge is 0.254 e. The number of carbonyl (C=O) groups excluding carboxylic acids is 1. The molecule has 1 spiro atoms. The number of amides is 1. The molecule has 1 aromatic rings. The molecule has 1 unspecified atom stereocenters. The van der Waals surface area contributed by atoms with Crippen molar-refractivity contribution < 1.29 is 4.79 Å². The van der Waals surface area contributed by atoms with Gasteiger partial charge in [0.2, 0.25) is 5.91 Å². The molecule has 1 aliphatic carbocycles. The topological polar surface area (TPSA) is 90.1 Å². The third-order valence-electron chi connectivity index (χ3n) is 6.94. The molecule has 1 saturated carbocycles. The molecule has 1 amide bonds. The van der Waals surface area contributed by atoms with Crippen molar-refractivity contribution in [3.8, 4) is 0 Å². The Morgan fingerprint density at radius 2 is 2.07 bits per heavy atom. The summed E-state index contributed by atoms with van der Waals surface area (Å²) >= 11 is 0. The first-order valence-corrected chi connectivity index (χ1v) is 10.5. The standard InChI is InChI=1S/C20H29N5O2/c26-18-14-3-8-25(11-16(14)23-17(24-18)9-13-1-2-13)19(27)15-10-20(12-22-15)4-6-21-7-5-20/h13,15,21-22H,1-12H2,(H,23,24,26). The van der Waals surface area contributed by atoms with Crippen molar-refractivity contribution >= 4 is 5.91 Å². The van der Waals surface area contributed by atoms with E-state index in [9.17, 15) is 9.59 Å².